The molecular formula is C20H19F2N3O4S. The maximum absolute atomic E-state index is 13.8. The lowest BCUT2D eigenvalue weighted by Gasteiger charge is -2.44. The lowest BCUT2D eigenvalue weighted by atomic mass is 10.1. The van der Waals surface area contributed by atoms with E-state index in [1.165, 1.54) is 16.8 Å². The molecule has 7 nitrogen and oxygen atoms in total. The van der Waals surface area contributed by atoms with Gasteiger partial charge < -0.3 is 19.9 Å². The summed E-state index contributed by atoms with van der Waals surface area (Å²) in [5.74, 6) is -2.73. The number of aromatic hydroxyl groups is 1. The second-order valence-electron chi connectivity index (χ2n) is 7.32. The van der Waals surface area contributed by atoms with Crippen molar-refractivity contribution in [2.75, 3.05) is 5.75 Å². The molecule has 2 aliphatic heterocycles. The van der Waals surface area contributed by atoms with Gasteiger partial charge in [-0.3, -0.25) is 14.4 Å². The lowest BCUT2D eigenvalue weighted by molar-refractivity contribution is 0.0573. The van der Waals surface area contributed by atoms with Gasteiger partial charge in [0.15, 0.2) is 11.4 Å². The monoisotopic (exact) mass is 435 g/mol. The van der Waals surface area contributed by atoms with Crippen molar-refractivity contribution in [2.24, 2.45) is 0 Å². The van der Waals surface area contributed by atoms with Gasteiger partial charge >= 0.3 is 0 Å². The van der Waals surface area contributed by atoms with Gasteiger partial charge in [-0.1, -0.05) is 6.07 Å². The van der Waals surface area contributed by atoms with Gasteiger partial charge in [-0.15, -0.1) is 11.8 Å². The Morgan fingerprint density at radius 3 is 2.83 bits per heavy atom. The zero-order valence-corrected chi connectivity index (χ0v) is 16.8. The number of carbonyl (C=O) groups is 2. The third-order valence-corrected chi connectivity index (χ3v) is 6.61. The van der Waals surface area contributed by atoms with Crippen LogP contribution in [0.25, 0.3) is 0 Å². The molecule has 1 aromatic heterocycles. The zero-order valence-electron chi connectivity index (χ0n) is 16.0. The Morgan fingerprint density at radius 1 is 1.33 bits per heavy atom. The summed E-state index contributed by atoms with van der Waals surface area (Å²) in [7, 11) is 0. The number of aromatic nitrogens is 1. The minimum atomic E-state index is -0.970. The first-order chi connectivity index (χ1) is 14.3. The van der Waals surface area contributed by atoms with E-state index in [0.29, 0.717) is 12.6 Å². The molecular weight excluding hydrogens is 416 g/mol. The molecule has 1 saturated heterocycles. The predicted octanol–water partition coefficient (Wildman–Crippen LogP) is 2.07. The molecule has 0 saturated carbocycles. The molecule has 2 aromatic rings. The highest BCUT2D eigenvalue weighted by Crippen LogP contribution is 2.35. The highest BCUT2D eigenvalue weighted by molar-refractivity contribution is 7.99. The number of carbonyl (C=O) groups excluding carboxylic acids is 2. The molecule has 0 aliphatic carbocycles. The number of amides is 2. The Hall–Kier alpha value is -2.88. The summed E-state index contributed by atoms with van der Waals surface area (Å²) in [6, 6.07) is 2.93. The van der Waals surface area contributed by atoms with Crippen LogP contribution in [0.2, 0.25) is 0 Å². The number of hydrogen-bond acceptors (Lipinski definition) is 5. The molecule has 1 aromatic carbocycles. The summed E-state index contributed by atoms with van der Waals surface area (Å²) in [6.45, 7) is 1.98. The van der Waals surface area contributed by atoms with Gasteiger partial charge in [-0.2, -0.15) is 0 Å². The number of thioether (sulfide) groups is 1. The van der Waals surface area contributed by atoms with Gasteiger partial charge in [0.25, 0.3) is 11.8 Å². The van der Waals surface area contributed by atoms with Crippen LogP contribution in [0.4, 0.5) is 8.78 Å². The fourth-order valence-electron chi connectivity index (χ4n) is 3.76. The van der Waals surface area contributed by atoms with Crippen LogP contribution in [0.15, 0.2) is 29.2 Å². The third kappa shape index (κ3) is 3.45. The van der Waals surface area contributed by atoms with E-state index >= 15 is 0 Å². The van der Waals surface area contributed by atoms with E-state index in [9.17, 15) is 28.3 Å². The number of fused-ring (bicyclic) bond motifs is 2. The molecule has 0 bridgehead atoms. The molecule has 0 radical (unpaired) electrons. The molecule has 2 atom stereocenters. The van der Waals surface area contributed by atoms with Gasteiger partial charge in [0.2, 0.25) is 5.43 Å². The van der Waals surface area contributed by atoms with Crippen LogP contribution in [-0.4, -0.2) is 43.6 Å². The van der Waals surface area contributed by atoms with Gasteiger partial charge in [0, 0.05) is 30.4 Å². The number of benzene rings is 1. The van der Waals surface area contributed by atoms with Crippen molar-refractivity contribution < 1.29 is 23.5 Å². The first-order valence-corrected chi connectivity index (χ1v) is 10.5. The Balaban J connectivity index is 1.63. The summed E-state index contributed by atoms with van der Waals surface area (Å²) < 4.78 is 28.2. The standard InChI is InChI=1S/C20H19F2N3O4S/c1-10-4-5-30-15-9-24-8-13(17(26)18(27)16(24)20(29)25(10)15)19(28)23-7-11-2-3-12(21)6-14(11)22/h2-3,6,8,10,15,27H,4-5,7,9H2,1H3,(H,23,28)/t10-,15?/m1/s1. The smallest absolute Gasteiger partial charge is 0.275 e. The number of halogens is 2. The molecule has 10 heteroatoms. The van der Waals surface area contributed by atoms with Gasteiger partial charge in [0.1, 0.15) is 17.2 Å². The Labute approximate surface area is 174 Å². The molecule has 0 spiro atoms. The molecule has 2 N–H and O–H groups in total. The summed E-state index contributed by atoms with van der Waals surface area (Å²) in [4.78, 5) is 39.7. The molecule has 30 heavy (non-hydrogen) atoms. The average Bonchev–Trinajstić information content (AvgIpc) is 2.69. The highest BCUT2D eigenvalue weighted by atomic mass is 32.2. The van der Waals surface area contributed by atoms with E-state index in [0.717, 1.165) is 18.2 Å². The number of hydrogen-bond donors (Lipinski definition) is 2. The fourth-order valence-corrected chi connectivity index (χ4v) is 5.24. The topological polar surface area (TPSA) is 91.6 Å². The normalized spacial score (nSPS) is 20.5. The maximum atomic E-state index is 13.8. The molecule has 2 amide bonds. The number of nitrogens with one attached hydrogen (secondary N) is 1. The highest BCUT2D eigenvalue weighted by Gasteiger charge is 2.40. The minimum Gasteiger partial charge on any atom is -0.503 e. The molecule has 3 heterocycles. The van der Waals surface area contributed by atoms with Gasteiger partial charge in [-0.05, 0) is 25.2 Å². The lowest BCUT2D eigenvalue weighted by Crippen LogP contribution is -2.54. The number of nitrogens with zero attached hydrogens (tertiary/aromatic N) is 2. The van der Waals surface area contributed by atoms with E-state index in [1.807, 2.05) is 6.92 Å². The van der Waals surface area contributed by atoms with Crippen LogP contribution in [0.3, 0.4) is 0 Å². The van der Waals surface area contributed by atoms with Crippen molar-refractivity contribution in [1.82, 2.24) is 14.8 Å². The van der Waals surface area contributed by atoms with Crippen molar-refractivity contribution in [3.05, 3.63) is 63.1 Å². The Morgan fingerprint density at radius 2 is 2.10 bits per heavy atom. The first-order valence-electron chi connectivity index (χ1n) is 9.40. The summed E-state index contributed by atoms with van der Waals surface area (Å²) in [5.41, 5.74) is -1.41. The summed E-state index contributed by atoms with van der Waals surface area (Å²) in [6.07, 6.45) is 2.07. The molecule has 1 unspecified atom stereocenters. The van der Waals surface area contributed by atoms with Crippen LogP contribution in [0, 0.1) is 11.6 Å². The van der Waals surface area contributed by atoms with E-state index in [1.54, 1.807) is 16.7 Å². The van der Waals surface area contributed by atoms with Gasteiger partial charge in [0.05, 0.1) is 11.9 Å². The third-order valence-electron chi connectivity index (χ3n) is 5.38. The fraction of sp³-hybridized carbons (Fsp3) is 0.350. The van der Waals surface area contributed by atoms with Crippen molar-refractivity contribution >= 4 is 23.6 Å². The first kappa shape index (κ1) is 20.4. The number of rotatable bonds is 3. The Kier molecular flexibility index (Phi) is 5.27. The molecule has 4 rings (SSSR count). The van der Waals surface area contributed by atoms with Crippen LogP contribution in [0.5, 0.6) is 5.75 Å². The van der Waals surface area contributed by atoms with Crippen LogP contribution in [0.1, 0.15) is 39.8 Å². The van der Waals surface area contributed by atoms with Crippen LogP contribution < -0.4 is 10.7 Å². The van der Waals surface area contributed by atoms with Crippen molar-refractivity contribution in [3.8, 4) is 5.75 Å². The van der Waals surface area contributed by atoms with E-state index in [2.05, 4.69) is 5.32 Å². The van der Waals surface area contributed by atoms with Crippen molar-refractivity contribution in [2.45, 2.75) is 37.8 Å². The van der Waals surface area contributed by atoms with Crippen molar-refractivity contribution in [1.29, 1.82) is 0 Å². The second-order valence-corrected chi connectivity index (χ2v) is 8.60. The van der Waals surface area contributed by atoms with Crippen LogP contribution in [-0.2, 0) is 13.1 Å². The maximum Gasteiger partial charge on any atom is 0.275 e. The largest absolute Gasteiger partial charge is 0.503 e. The van der Waals surface area contributed by atoms with E-state index in [-0.39, 0.29) is 34.8 Å². The number of pyridine rings is 1. The molecule has 2 aliphatic rings. The predicted molar refractivity (Wildman–Crippen MR) is 106 cm³/mol. The van der Waals surface area contributed by atoms with Crippen LogP contribution >= 0.6 is 11.8 Å². The zero-order chi connectivity index (χ0) is 21.6. The minimum absolute atomic E-state index is 0.0133. The van der Waals surface area contributed by atoms with E-state index in [4.69, 9.17) is 0 Å². The molecule has 1 fully saturated rings. The summed E-state index contributed by atoms with van der Waals surface area (Å²) >= 11 is 1.60. The summed E-state index contributed by atoms with van der Waals surface area (Å²) in [5, 5.41) is 12.7. The Bertz CT molecular complexity index is 1100. The van der Waals surface area contributed by atoms with Gasteiger partial charge in [-0.25, -0.2) is 8.78 Å². The second kappa shape index (κ2) is 7.75. The average molecular weight is 435 g/mol. The molecule has 158 valence electrons. The van der Waals surface area contributed by atoms with Crippen molar-refractivity contribution in [3.63, 3.8) is 0 Å². The van der Waals surface area contributed by atoms with E-state index < -0.39 is 34.6 Å². The quantitative estimate of drug-likeness (QED) is 0.770. The SMILES string of the molecule is C[C@@H]1CCSC2Cn3cc(C(=O)NCc4ccc(F)cc4F)c(=O)c(O)c3C(=O)N21.